The molecular formula is C39H56N4O15S. The van der Waals surface area contributed by atoms with Gasteiger partial charge in [0.05, 0.1) is 105 Å². The molecule has 0 bridgehead atoms. The number of amides is 3. The molecule has 0 saturated heterocycles. The zero-order valence-electron chi connectivity index (χ0n) is 33.1. The monoisotopic (exact) mass is 852 g/mol. The summed E-state index contributed by atoms with van der Waals surface area (Å²) in [5.74, 6) is -2.16. The van der Waals surface area contributed by atoms with Gasteiger partial charge in [0.25, 0.3) is 0 Å². The van der Waals surface area contributed by atoms with Crippen LogP contribution in [0.3, 0.4) is 0 Å². The van der Waals surface area contributed by atoms with Gasteiger partial charge in [0.15, 0.2) is 0 Å². The summed E-state index contributed by atoms with van der Waals surface area (Å²) >= 11 is 0.909. The number of hydrogen-bond acceptors (Lipinski definition) is 15. The molecule has 0 radical (unpaired) electrons. The quantitative estimate of drug-likeness (QED) is 0.0502. The summed E-state index contributed by atoms with van der Waals surface area (Å²) < 4.78 is 48.4. The summed E-state index contributed by atoms with van der Waals surface area (Å²) in [7, 11) is 0. The topological polar surface area (TPSA) is 239 Å². The van der Waals surface area contributed by atoms with Crippen LogP contribution in [-0.4, -0.2) is 164 Å². The maximum Gasteiger partial charge on any atom is 0.418 e. The molecule has 3 rings (SSSR count). The van der Waals surface area contributed by atoms with Crippen molar-refractivity contribution in [2.24, 2.45) is 0 Å². The predicted molar refractivity (Wildman–Crippen MR) is 214 cm³/mol. The number of nitrogens with zero attached hydrogens (tertiary/aromatic N) is 1. The summed E-state index contributed by atoms with van der Waals surface area (Å²) in [6.45, 7) is 3.67. The molecule has 20 heteroatoms. The summed E-state index contributed by atoms with van der Waals surface area (Å²) in [5, 5.41) is 19.9. The normalized spacial score (nSPS) is 11.7. The maximum atomic E-state index is 13.1. The summed E-state index contributed by atoms with van der Waals surface area (Å²) in [4.78, 5) is 60.2. The number of carbonyl (C=O) groups excluding carboxylic acids is 3. The second kappa shape index (κ2) is 30.5. The molecule has 0 saturated carbocycles. The average molecular weight is 853 g/mol. The van der Waals surface area contributed by atoms with E-state index in [0.29, 0.717) is 19.8 Å². The lowest BCUT2D eigenvalue weighted by Crippen LogP contribution is -2.38. The van der Waals surface area contributed by atoms with Crippen LogP contribution in [0.25, 0.3) is 11.1 Å². The Kier molecular flexibility index (Phi) is 25.2. The van der Waals surface area contributed by atoms with E-state index in [1.807, 2.05) is 36.4 Å². The average Bonchev–Trinajstić information content (AvgIpc) is 3.54. The van der Waals surface area contributed by atoms with E-state index < -0.39 is 24.1 Å². The Hall–Kier alpha value is -4.54. The van der Waals surface area contributed by atoms with Crippen LogP contribution >= 0.6 is 12.1 Å². The highest BCUT2D eigenvalue weighted by atomic mass is 32.2. The molecule has 328 valence electrons. The van der Waals surface area contributed by atoms with E-state index in [0.717, 1.165) is 34.4 Å². The minimum absolute atomic E-state index is 0.0401. The standard InChI is InChI=1S/C39H56N4O15S/c44-35(9-16-51-19-12-40-38(49)58-29-34-32-7-3-1-5-30(32)31-6-2-4-8-33(31)34)43(14-21-55-26-28-56-27-24-53-18-11-37(47)48)15-22-57-39(50)42-59-41-13-20-54-25-23-52-17-10-36(45)46/h1-8,34,41H,9-29H2,(H,40,49)(H,42,50)(H,45,46)(H,47,48). The molecule has 1 aliphatic rings. The summed E-state index contributed by atoms with van der Waals surface area (Å²) in [6, 6.07) is 16.2. The van der Waals surface area contributed by atoms with E-state index in [1.165, 1.54) is 4.90 Å². The number of ether oxygens (including phenoxy) is 8. The molecular weight excluding hydrogens is 797 g/mol. The van der Waals surface area contributed by atoms with Gasteiger partial charge in [0, 0.05) is 37.7 Å². The van der Waals surface area contributed by atoms with Crippen molar-refractivity contribution in [2.75, 3.05) is 119 Å². The van der Waals surface area contributed by atoms with Gasteiger partial charge in [0.1, 0.15) is 13.2 Å². The van der Waals surface area contributed by atoms with Crippen molar-refractivity contribution in [2.45, 2.75) is 25.2 Å². The van der Waals surface area contributed by atoms with Crippen molar-refractivity contribution in [1.82, 2.24) is 19.7 Å². The van der Waals surface area contributed by atoms with Crippen LogP contribution in [0.5, 0.6) is 0 Å². The minimum Gasteiger partial charge on any atom is -0.481 e. The number of aliphatic carboxylic acids is 2. The van der Waals surface area contributed by atoms with Crippen LogP contribution in [0.15, 0.2) is 48.5 Å². The first-order valence-electron chi connectivity index (χ1n) is 19.3. The Morgan fingerprint density at radius 2 is 1.05 bits per heavy atom. The van der Waals surface area contributed by atoms with Crippen molar-refractivity contribution in [3.8, 4) is 11.1 Å². The third kappa shape index (κ3) is 21.3. The third-order valence-corrected chi connectivity index (χ3v) is 8.98. The van der Waals surface area contributed by atoms with Gasteiger partial charge >= 0.3 is 24.1 Å². The van der Waals surface area contributed by atoms with Crippen LogP contribution in [0, 0.1) is 0 Å². The highest BCUT2D eigenvalue weighted by Gasteiger charge is 2.29. The number of carbonyl (C=O) groups is 5. The molecule has 0 aromatic heterocycles. The van der Waals surface area contributed by atoms with E-state index >= 15 is 0 Å². The Morgan fingerprint density at radius 1 is 0.559 bits per heavy atom. The number of hydrogen-bond donors (Lipinski definition) is 5. The van der Waals surface area contributed by atoms with Gasteiger partial charge in [-0.1, -0.05) is 48.5 Å². The zero-order valence-corrected chi connectivity index (χ0v) is 33.9. The van der Waals surface area contributed by atoms with Crippen molar-refractivity contribution in [3.05, 3.63) is 59.7 Å². The second-order valence-corrected chi connectivity index (χ2v) is 13.3. The van der Waals surface area contributed by atoms with Crippen molar-refractivity contribution in [1.29, 1.82) is 0 Å². The molecule has 1 aliphatic carbocycles. The first kappa shape index (κ1) is 48.8. The van der Waals surface area contributed by atoms with Crippen LogP contribution in [0.4, 0.5) is 9.59 Å². The molecule has 59 heavy (non-hydrogen) atoms. The Bertz CT molecular complexity index is 1510. The van der Waals surface area contributed by atoms with Crippen LogP contribution in [0.1, 0.15) is 36.3 Å². The molecule has 0 heterocycles. The molecule has 5 N–H and O–H groups in total. The van der Waals surface area contributed by atoms with Crippen LogP contribution in [-0.2, 0) is 52.3 Å². The van der Waals surface area contributed by atoms with Gasteiger partial charge in [-0.15, -0.1) is 0 Å². The number of carboxylic acid groups (broad SMARTS) is 2. The van der Waals surface area contributed by atoms with Gasteiger partial charge in [-0.3, -0.25) is 19.1 Å². The number of rotatable bonds is 34. The smallest absolute Gasteiger partial charge is 0.418 e. The largest absolute Gasteiger partial charge is 0.481 e. The number of nitrogens with one attached hydrogen (secondary N) is 3. The van der Waals surface area contributed by atoms with Gasteiger partial charge in [0.2, 0.25) is 5.91 Å². The molecule has 2 aromatic carbocycles. The predicted octanol–water partition coefficient (Wildman–Crippen LogP) is 2.67. The van der Waals surface area contributed by atoms with Crippen molar-refractivity contribution >= 4 is 42.2 Å². The number of alkyl carbamates (subject to hydrolysis) is 1. The van der Waals surface area contributed by atoms with Gasteiger partial charge in [-0.25, -0.2) is 14.3 Å². The van der Waals surface area contributed by atoms with E-state index in [2.05, 4.69) is 26.9 Å². The molecule has 0 fully saturated rings. The number of fused-ring (bicyclic) bond motifs is 3. The minimum atomic E-state index is -0.933. The fourth-order valence-electron chi connectivity index (χ4n) is 5.53. The Balaban J connectivity index is 1.29. The lowest BCUT2D eigenvalue weighted by atomic mass is 9.98. The molecule has 0 aliphatic heterocycles. The molecule has 3 amide bonds. The molecule has 2 aromatic rings. The SMILES string of the molecule is O=C(O)CCOCCOCCNSNC(=O)OCCN(CCOCCOCCOCCC(=O)O)C(=O)CCOCCNC(=O)OCC1c2ccccc2-c2ccccc21. The van der Waals surface area contributed by atoms with Gasteiger partial charge < -0.3 is 58.3 Å². The third-order valence-electron chi connectivity index (χ3n) is 8.36. The van der Waals surface area contributed by atoms with E-state index in [1.54, 1.807) is 0 Å². The molecule has 0 atom stereocenters. The fraction of sp³-hybridized carbons (Fsp3) is 0.564. The first-order chi connectivity index (χ1) is 28.8. The Morgan fingerprint density at radius 3 is 1.66 bits per heavy atom. The zero-order chi connectivity index (χ0) is 42.3. The summed E-state index contributed by atoms with van der Waals surface area (Å²) in [5.41, 5.74) is 4.52. The van der Waals surface area contributed by atoms with Gasteiger partial charge in [-0.2, -0.15) is 0 Å². The molecule has 0 unspecified atom stereocenters. The number of carboxylic acids is 2. The first-order valence-corrected chi connectivity index (χ1v) is 20.2. The highest BCUT2D eigenvalue weighted by Crippen LogP contribution is 2.44. The highest BCUT2D eigenvalue weighted by molar-refractivity contribution is 7.96. The van der Waals surface area contributed by atoms with E-state index in [9.17, 15) is 24.0 Å². The summed E-state index contributed by atoms with van der Waals surface area (Å²) in [6.07, 6.45) is -1.38. The Labute approximate surface area is 347 Å². The lowest BCUT2D eigenvalue weighted by Gasteiger charge is -2.22. The van der Waals surface area contributed by atoms with Crippen molar-refractivity contribution in [3.63, 3.8) is 0 Å². The molecule has 0 spiro atoms. The second-order valence-electron chi connectivity index (χ2n) is 12.6. The van der Waals surface area contributed by atoms with Crippen LogP contribution in [0.2, 0.25) is 0 Å². The molecule has 19 nitrogen and oxygen atoms in total. The maximum absolute atomic E-state index is 13.1. The van der Waals surface area contributed by atoms with E-state index in [-0.39, 0.29) is 130 Å². The van der Waals surface area contributed by atoms with Crippen LogP contribution < -0.4 is 14.8 Å². The fourth-order valence-corrected chi connectivity index (χ4v) is 5.93. The van der Waals surface area contributed by atoms with Gasteiger partial charge in [-0.05, 0) is 22.3 Å². The van der Waals surface area contributed by atoms with E-state index in [4.69, 9.17) is 48.1 Å². The van der Waals surface area contributed by atoms with Crippen molar-refractivity contribution < 1.29 is 72.1 Å². The lowest BCUT2D eigenvalue weighted by molar-refractivity contribution is -0.139. The number of benzene rings is 2.